The average molecular weight is 332 g/mol. The molecule has 0 heterocycles. The van der Waals surface area contributed by atoms with Crippen LogP contribution in [0.4, 0.5) is 11.4 Å². The molecule has 0 saturated heterocycles. The number of carboxylic acid groups (broad SMARTS) is 1. The zero-order valence-electron chi connectivity index (χ0n) is 10.6. The summed E-state index contributed by atoms with van der Waals surface area (Å²) in [5, 5.41) is 10.1. The van der Waals surface area contributed by atoms with Gasteiger partial charge in [-0.1, -0.05) is 13.2 Å². The summed E-state index contributed by atoms with van der Waals surface area (Å²) in [6.45, 7) is 6.18. The van der Waals surface area contributed by atoms with Crippen molar-refractivity contribution >= 4 is 37.4 Å². The fraction of sp³-hybridized carbons (Fsp3) is 0. The van der Waals surface area contributed by atoms with Crippen molar-refractivity contribution in [2.45, 2.75) is 0 Å². The Hall–Kier alpha value is -2.33. The van der Waals surface area contributed by atoms with Gasteiger partial charge in [0.25, 0.3) is 20.0 Å². The molecule has 8 nitrogen and oxygen atoms in total. The van der Waals surface area contributed by atoms with Crippen molar-refractivity contribution in [3.63, 3.8) is 0 Å². The highest BCUT2D eigenvalue weighted by Crippen LogP contribution is 2.26. The number of carbonyl (C=O) groups is 1. The van der Waals surface area contributed by atoms with Crippen molar-refractivity contribution < 1.29 is 26.7 Å². The summed E-state index contributed by atoms with van der Waals surface area (Å²) in [7, 11) is -7.82. The van der Waals surface area contributed by atoms with E-state index in [0.717, 1.165) is 18.2 Å². The Balaban J connectivity index is 3.40. The molecule has 0 amide bonds. The Bertz CT molecular complexity index is 796. The summed E-state index contributed by atoms with van der Waals surface area (Å²) in [6, 6.07) is 3.21. The van der Waals surface area contributed by atoms with Crippen LogP contribution in [0.5, 0.6) is 0 Å². The quantitative estimate of drug-likeness (QED) is 0.687. The third-order valence-electron chi connectivity index (χ3n) is 2.21. The highest BCUT2D eigenvalue weighted by Gasteiger charge is 2.15. The fourth-order valence-corrected chi connectivity index (χ4v) is 2.37. The Morgan fingerprint density at radius 3 is 1.90 bits per heavy atom. The van der Waals surface area contributed by atoms with E-state index in [-0.39, 0.29) is 16.9 Å². The van der Waals surface area contributed by atoms with Crippen LogP contribution >= 0.6 is 0 Å². The minimum atomic E-state index is -3.94. The van der Waals surface area contributed by atoms with Gasteiger partial charge in [-0.05, 0) is 18.2 Å². The molecule has 0 aliphatic heterocycles. The maximum absolute atomic E-state index is 11.5. The van der Waals surface area contributed by atoms with Crippen LogP contribution in [0, 0.1) is 0 Å². The van der Waals surface area contributed by atoms with E-state index < -0.39 is 26.0 Å². The topological polar surface area (TPSA) is 130 Å². The molecule has 114 valence electrons. The van der Waals surface area contributed by atoms with Gasteiger partial charge < -0.3 is 5.11 Å². The summed E-state index contributed by atoms with van der Waals surface area (Å²) in [6.07, 6.45) is 0. The number of sulfonamides is 2. The molecule has 1 rings (SSSR count). The van der Waals surface area contributed by atoms with Crippen LogP contribution in [-0.2, 0) is 20.0 Å². The largest absolute Gasteiger partial charge is 0.478 e. The number of aromatic carboxylic acids is 1. The molecule has 0 aliphatic carbocycles. The standard InChI is InChI=1S/C11H12N2O6S2/c1-3-20(16,17)12-9-6-5-8(11(14)15)7-10(9)13-21(18,19)4-2/h3-7,12-13H,1-2H2,(H,14,15). The van der Waals surface area contributed by atoms with Gasteiger partial charge in [-0.2, -0.15) is 0 Å². The summed E-state index contributed by atoms with van der Waals surface area (Å²) in [5.41, 5.74) is -0.621. The molecule has 10 heteroatoms. The number of nitrogens with one attached hydrogen (secondary N) is 2. The van der Waals surface area contributed by atoms with Gasteiger partial charge in [0.2, 0.25) is 0 Å². The molecule has 1 aromatic rings. The molecule has 0 saturated carbocycles. The van der Waals surface area contributed by atoms with Crippen molar-refractivity contribution in [3.05, 3.63) is 47.7 Å². The molecule has 3 N–H and O–H groups in total. The van der Waals surface area contributed by atoms with Crippen LogP contribution in [-0.4, -0.2) is 27.9 Å². The molecule has 0 fully saturated rings. The van der Waals surface area contributed by atoms with Crippen LogP contribution in [0.2, 0.25) is 0 Å². The maximum atomic E-state index is 11.5. The van der Waals surface area contributed by atoms with Gasteiger partial charge in [-0.3, -0.25) is 9.44 Å². The second-order valence-corrected chi connectivity index (χ2v) is 6.95. The smallest absolute Gasteiger partial charge is 0.335 e. The molecular weight excluding hydrogens is 320 g/mol. The third-order valence-corrected chi connectivity index (χ3v) is 4.10. The highest BCUT2D eigenvalue weighted by molar-refractivity contribution is 7.96. The van der Waals surface area contributed by atoms with E-state index in [0.29, 0.717) is 10.8 Å². The van der Waals surface area contributed by atoms with Gasteiger partial charge in [0.15, 0.2) is 0 Å². The number of rotatable bonds is 7. The van der Waals surface area contributed by atoms with Crippen molar-refractivity contribution in [3.8, 4) is 0 Å². The van der Waals surface area contributed by atoms with E-state index in [1.807, 2.05) is 9.44 Å². The summed E-state index contributed by atoms with van der Waals surface area (Å²) < 4.78 is 49.8. The first-order chi connectivity index (χ1) is 9.60. The highest BCUT2D eigenvalue weighted by atomic mass is 32.2. The summed E-state index contributed by atoms with van der Waals surface area (Å²) in [4.78, 5) is 10.9. The zero-order valence-corrected chi connectivity index (χ0v) is 12.2. The van der Waals surface area contributed by atoms with Crippen molar-refractivity contribution in [1.29, 1.82) is 0 Å². The van der Waals surface area contributed by atoms with Crippen LogP contribution in [0.15, 0.2) is 42.2 Å². The predicted octanol–water partition coefficient (Wildman–Crippen LogP) is 1.16. The molecule has 0 atom stereocenters. The number of carboxylic acids is 1. The van der Waals surface area contributed by atoms with E-state index in [1.54, 1.807) is 0 Å². The first-order valence-corrected chi connectivity index (χ1v) is 8.37. The lowest BCUT2D eigenvalue weighted by molar-refractivity contribution is 0.0697. The molecular formula is C11H12N2O6S2. The molecule has 0 unspecified atom stereocenters. The van der Waals surface area contributed by atoms with Gasteiger partial charge in [0.1, 0.15) is 0 Å². The van der Waals surface area contributed by atoms with Crippen molar-refractivity contribution in [2.75, 3.05) is 9.44 Å². The van der Waals surface area contributed by atoms with Gasteiger partial charge >= 0.3 is 5.97 Å². The second-order valence-electron chi connectivity index (χ2n) is 3.69. The zero-order chi connectivity index (χ0) is 16.3. The molecule has 21 heavy (non-hydrogen) atoms. The molecule has 0 aromatic heterocycles. The number of hydrogen-bond donors (Lipinski definition) is 3. The minimum Gasteiger partial charge on any atom is -0.478 e. The van der Waals surface area contributed by atoms with E-state index in [2.05, 4.69) is 13.2 Å². The van der Waals surface area contributed by atoms with Gasteiger partial charge in [0, 0.05) is 10.8 Å². The normalized spacial score (nSPS) is 11.4. The Kier molecular flexibility index (Phi) is 4.76. The fourth-order valence-electron chi connectivity index (χ4n) is 1.24. The molecule has 0 radical (unpaired) electrons. The lowest BCUT2D eigenvalue weighted by atomic mass is 10.2. The Labute approximate surface area is 121 Å². The summed E-state index contributed by atoms with van der Waals surface area (Å²) in [5.74, 6) is -1.30. The lowest BCUT2D eigenvalue weighted by Crippen LogP contribution is -2.15. The van der Waals surface area contributed by atoms with E-state index in [4.69, 9.17) is 5.11 Å². The van der Waals surface area contributed by atoms with Crippen LogP contribution in [0.1, 0.15) is 10.4 Å². The van der Waals surface area contributed by atoms with E-state index in [9.17, 15) is 21.6 Å². The van der Waals surface area contributed by atoms with Crippen LogP contribution in [0.25, 0.3) is 0 Å². The van der Waals surface area contributed by atoms with Crippen LogP contribution in [0.3, 0.4) is 0 Å². The molecule has 0 spiro atoms. The predicted molar refractivity (Wildman–Crippen MR) is 78.9 cm³/mol. The van der Waals surface area contributed by atoms with Gasteiger partial charge in [-0.15, -0.1) is 0 Å². The first kappa shape index (κ1) is 16.7. The average Bonchev–Trinajstić information content (AvgIpc) is 2.40. The number of anilines is 2. The summed E-state index contributed by atoms with van der Waals surface area (Å²) >= 11 is 0. The van der Waals surface area contributed by atoms with Crippen molar-refractivity contribution in [2.24, 2.45) is 0 Å². The van der Waals surface area contributed by atoms with E-state index in [1.165, 1.54) is 0 Å². The van der Waals surface area contributed by atoms with Gasteiger partial charge in [-0.25, -0.2) is 21.6 Å². The van der Waals surface area contributed by atoms with E-state index >= 15 is 0 Å². The minimum absolute atomic E-state index is 0.148. The van der Waals surface area contributed by atoms with Crippen LogP contribution < -0.4 is 9.44 Å². The molecule has 0 bridgehead atoms. The number of hydrogen-bond acceptors (Lipinski definition) is 5. The first-order valence-electron chi connectivity index (χ1n) is 5.28. The van der Waals surface area contributed by atoms with Gasteiger partial charge in [0.05, 0.1) is 16.9 Å². The maximum Gasteiger partial charge on any atom is 0.335 e. The Morgan fingerprint density at radius 2 is 1.48 bits per heavy atom. The van der Waals surface area contributed by atoms with Crippen molar-refractivity contribution in [1.82, 2.24) is 0 Å². The molecule has 1 aromatic carbocycles. The number of benzene rings is 1. The SMILES string of the molecule is C=CS(=O)(=O)Nc1ccc(C(=O)O)cc1NS(=O)(=O)C=C. The molecule has 0 aliphatic rings. The lowest BCUT2D eigenvalue weighted by Gasteiger charge is -2.12. The Morgan fingerprint density at radius 1 is 1.00 bits per heavy atom. The third kappa shape index (κ3) is 4.61. The monoisotopic (exact) mass is 332 g/mol. The second kappa shape index (κ2) is 5.97.